The number of nitrogens with zero attached hydrogens (tertiary/aromatic N) is 1. The summed E-state index contributed by atoms with van der Waals surface area (Å²) >= 11 is 0. The maximum atomic E-state index is 14.5. The Balaban J connectivity index is 1.84. The van der Waals surface area contributed by atoms with Gasteiger partial charge in [0.15, 0.2) is 0 Å². The molecule has 0 aromatic heterocycles. The van der Waals surface area contributed by atoms with Crippen LogP contribution in [0.15, 0.2) is 24.3 Å². The molecule has 0 amide bonds. The molecular weight excluding hydrogens is 248 g/mol. The van der Waals surface area contributed by atoms with Gasteiger partial charge in [0.1, 0.15) is 5.54 Å². The van der Waals surface area contributed by atoms with E-state index < -0.39 is 17.4 Å². The number of aryl methyl sites for hydroxylation is 1. The quantitative estimate of drug-likeness (QED) is 0.773. The van der Waals surface area contributed by atoms with E-state index in [1.54, 1.807) is 0 Å². The summed E-state index contributed by atoms with van der Waals surface area (Å²) in [5, 5.41) is 0. The highest BCUT2D eigenvalue weighted by Crippen LogP contribution is 2.72. The molecule has 2 atom stereocenters. The van der Waals surface area contributed by atoms with E-state index in [0.29, 0.717) is 32.7 Å². The van der Waals surface area contributed by atoms with Crippen LogP contribution in [0.4, 0.5) is 8.78 Å². The second kappa shape index (κ2) is 3.76. The molecular formula is C15H17F2NO. The van der Waals surface area contributed by atoms with Crippen LogP contribution in [-0.4, -0.2) is 37.1 Å². The molecule has 0 radical (unpaired) electrons. The average Bonchev–Trinajstić information content (AvgIpc) is 2.98. The lowest BCUT2D eigenvalue weighted by Crippen LogP contribution is -2.48. The van der Waals surface area contributed by atoms with Crippen molar-refractivity contribution in [1.82, 2.24) is 4.90 Å². The van der Waals surface area contributed by atoms with Crippen LogP contribution in [0.3, 0.4) is 0 Å². The van der Waals surface area contributed by atoms with E-state index in [1.165, 1.54) is 0 Å². The topological polar surface area (TPSA) is 12.5 Å². The zero-order chi connectivity index (χ0) is 13.1. The monoisotopic (exact) mass is 265 g/mol. The van der Waals surface area contributed by atoms with Gasteiger partial charge in [-0.25, -0.2) is 8.78 Å². The number of halogens is 2. The van der Waals surface area contributed by atoms with Gasteiger partial charge in [0, 0.05) is 13.1 Å². The highest BCUT2D eigenvalue weighted by atomic mass is 19.3. The fourth-order valence-electron chi connectivity index (χ4n) is 4.14. The number of ether oxygens (including phenoxy) is 1. The first-order valence-corrected chi connectivity index (χ1v) is 6.98. The highest BCUT2D eigenvalue weighted by Gasteiger charge is 2.84. The van der Waals surface area contributed by atoms with E-state index in [1.807, 2.05) is 29.2 Å². The molecule has 0 bridgehead atoms. The molecule has 1 aromatic carbocycles. The van der Waals surface area contributed by atoms with Gasteiger partial charge in [-0.05, 0) is 24.0 Å². The predicted octanol–water partition coefficient (Wildman–Crippen LogP) is 2.43. The molecule has 102 valence electrons. The van der Waals surface area contributed by atoms with E-state index in [4.69, 9.17) is 4.74 Å². The molecule has 4 heteroatoms. The van der Waals surface area contributed by atoms with Crippen molar-refractivity contribution in [3.8, 4) is 0 Å². The highest BCUT2D eigenvalue weighted by molar-refractivity contribution is 5.48. The molecule has 19 heavy (non-hydrogen) atoms. The van der Waals surface area contributed by atoms with E-state index in [2.05, 4.69) is 0 Å². The van der Waals surface area contributed by atoms with Crippen molar-refractivity contribution in [3.05, 3.63) is 35.4 Å². The molecule has 2 fully saturated rings. The van der Waals surface area contributed by atoms with Crippen molar-refractivity contribution in [2.75, 3.05) is 26.3 Å². The van der Waals surface area contributed by atoms with Crippen molar-refractivity contribution in [2.24, 2.45) is 5.92 Å². The Morgan fingerprint density at radius 1 is 1.16 bits per heavy atom. The van der Waals surface area contributed by atoms with Gasteiger partial charge in [-0.15, -0.1) is 0 Å². The Morgan fingerprint density at radius 3 is 2.68 bits per heavy atom. The van der Waals surface area contributed by atoms with E-state index in [-0.39, 0.29) is 0 Å². The molecule has 1 saturated heterocycles. The van der Waals surface area contributed by atoms with Crippen LogP contribution in [0.5, 0.6) is 0 Å². The summed E-state index contributed by atoms with van der Waals surface area (Å²) in [5.41, 5.74) is 0.923. The maximum absolute atomic E-state index is 14.5. The third-order valence-corrected chi connectivity index (χ3v) is 5.01. The SMILES string of the molecule is FC1(F)C2CCc3ccccc3C21N1CCOCC1. The van der Waals surface area contributed by atoms with Crippen molar-refractivity contribution in [2.45, 2.75) is 24.3 Å². The van der Waals surface area contributed by atoms with E-state index in [0.717, 1.165) is 17.5 Å². The summed E-state index contributed by atoms with van der Waals surface area (Å²) in [6, 6.07) is 7.74. The molecule has 4 rings (SSSR count). The molecule has 2 unspecified atom stereocenters. The molecule has 1 saturated carbocycles. The minimum atomic E-state index is -2.59. The fraction of sp³-hybridized carbons (Fsp3) is 0.600. The number of hydrogen-bond acceptors (Lipinski definition) is 2. The molecule has 1 aliphatic heterocycles. The summed E-state index contributed by atoms with van der Waals surface area (Å²) in [5.74, 6) is -3.09. The third-order valence-electron chi connectivity index (χ3n) is 5.01. The summed E-state index contributed by atoms with van der Waals surface area (Å²) in [6.07, 6.45) is 1.38. The van der Waals surface area contributed by atoms with Crippen LogP contribution in [0.25, 0.3) is 0 Å². The lowest BCUT2D eigenvalue weighted by molar-refractivity contribution is -0.0357. The van der Waals surface area contributed by atoms with Crippen LogP contribution in [0.1, 0.15) is 17.5 Å². The number of fused-ring (bicyclic) bond motifs is 3. The zero-order valence-corrected chi connectivity index (χ0v) is 10.7. The molecule has 1 heterocycles. The third kappa shape index (κ3) is 1.31. The Bertz CT molecular complexity index is 513. The predicted molar refractivity (Wildman–Crippen MR) is 67.3 cm³/mol. The standard InChI is InChI=1S/C15H17F2NO/c16-15(17)13-6-5-11-3-1-2-4-12(11)14(13,15)18-7-9-19-10-8-18/h1-4,13H,5-10H2. The van der Waals surface area contributed by atoms with Gasteiger partial charge in [-0.1, -0.05) is 24.3 Å². The minimum absolute atomic E-state index is 0.506. The molecule has 1 aromatic rings. The van der Waals surface area contributed by atoms with Crippen LogP contribution in [0.2, 0.25) is 0 Å². The smallest absolute Gasteiger partial charge is 0.275 e. The van der Waals surface area contributed by atoms with Crippen LogP contribution in [-0.2, 0) is 16.7 Å². The lowest BCUT2D eigenvalue weighted by Gasteiger charge is -2.38. The second-order valence-electron chi connectivity index (χ2n) is 5.74. The zero-order valence-electron chi connectivity index (χ0n) is 10.7. The Labute approximate surface area is 111 Å². The number of alkyl halides is 2. The summed E-state index contributed by atoms with van der Waals surface area (Å²) in [7, 11) is 0. The van der Waals surface area contributed by atoms with Crippen molar-refractivity contribution in [1.29, 1.82) is 0 Å². The number of morpholine rings is 1. The Hall–Kier alpha value is -1.00. The van der Waals surface area contributed by atoms with Gasteiger partial charge in [-0.2, -0.15) is 0 Å². The first-order chi connectivity index (χ1) is 9.19. The van der Waals surface area contributed by atoms with Gasteiger partial charge in [0.05, 0.1) is 19.1 Å². The number of benzene rings is 1. The first-order valence-electron chi connectivity index (χ1n) is 6.98. The second-order valence-corrected chi connectivity index (χ2v) is 5.74. The van der Waals surface area contributed by atoms with Gasteiger partial charge >= 0.3 is 0 Å². The van der Waals surface area contributed by atoms with Crippen LogP contribution < -0.4 is 0 Å². The first kappa shape index (κ1) is 11.8. The van der Waals surface area contributed by atoms with Gasteiger partial charge < -0.3 is 4.74 Å². The largest absolute Gasteiger partial charge is 0.379 e. The van der Waals surface area contributed by atoms with Crippen LogP contribution >= 0.6 is 0 Å². The summed E-state index contributed by atoms with van der Waals surface area (Å²) in [6.45, 7) is 2.35. The Morgan fingerprint density at radius 2 is 1.89 bits per heavy atom. The van der Waals surface area contributed by atoms with Gasteiger partial charge in [0.25, 0.3) is 5.92 Å². The van der Waals surface area contributed by atoms with Gasteiger partial charge in [0.2, 0.25) is 0 Å². The lowest BCUT2D eigenvalue weighted by atomic mass is 9.86. The van der Waals surface area contributed by atoms with Crippen molar-refractivity contribution < 1.29 is 13.5 Å². The molecule has 0 spiro atoms. The Kier molecular flexibility index (Phi) is 2.34. The summed E-state index contributed by atoms with van der Waals surface area (Å²) in [4.78, 5) is 1.97. The average molecular weight is 265 g/mol. The van der Waals surface area contributed by atoms with E-state index >= 15 is 0 Å². The summed E-state index contributed by atoms with van der Waals surface area (Å²) < 4.78 is 34.4. The van der Waals surface area contributed by atoms with E-state index in [9.17, 15) is 8.78 Å². The normalized spacial score (nSPS) is 36.4. The fourth-order valence-corrected chi connectivity index (χ4v) is 4.14. The number of rotatable bonds is 1. The van der Waals surface area contributed by atoms with Crippen molar-refractivity contribution >= 4 is 0 Å². The minimum Gasteiger partial charge on any atom is -0.379 e. The number of hydrogen-bond donors (Lipinski definition) is 0. The molecule has 2 nitrogen and oxygen atoms in total. The molecule has 0 N–H and O–H groups in total. The van der Waals surface area contributed by atoms with Crippen LogP contribution in [0, 0.1) is 5.92 Å². The van der Waals surface area contributed by atoms with Gasteiger partial charge in [-0.3, -0.25) is 4.90 Å². The molecule has 2 aliphatic carbocycles. The maximum Gasteiger partial charge on any atom is 0.275 e. The van der Waals surface area contributed by atoms with Crippen molar-refractivity contribution in [3.63, 3.8) is 0 Å². The molecule has 3 aliphatic rings.